The summed E-state index contributed by atoms with van der Waals surface area (Å²) in [4.78, 5) is 17.2. The van der Waals surface area contributed by atoms with Crippen LogP contribution in [0.4, 0.5) is 11.5 Å². The van der Waals surface area contributed by atoms with Crippen LogP contribution in [0, 0.1) is 5.92 Å². The van der Waals surface area contributed by atoms with Crippen molar-refractivity contribution in [2.75, 3.05) is 22.6 Å². The third-order valence-electron chi connectivity index (χ3n) is 5.00. The van der Waals surface area contributed by atoms with Gasteiger partial charge in [-0.25, -0.2) is 21.8 Å². The van der Waals surface area contributed by atoms with Crippen LogP contribution in [-0.2, 0) is 24.7 Å². The first-order valence-corrected chi connectivity index (χ1v) is 14.1. The molecule has 1 aromatic carbocycles. The lowest BCUT2D eigenvalue weighted by Gasteiger charge is -2.13. The molecule has 172 valence electrons. The molecule has 1 saturated carbocycles. The molecule has 0 unspecified atom stereocenters. The maximum absolute atomic E-state index is 13.1. The minimum atomic E-state index is -3.50. The number of hydrogen-bond donors (Lipinski definition) is 2. The molecule has 0 spiro atoms. The van der Waals surface area contributed by atoms with Gasteiger partial charge in [0, 0.05) is 11.8 Å². The predicted octanol–water partition coefficient (Wildman–Crippen LogP) is 3.72. The van der Waals surface area contributed by atoms with Gasteiger partial charge in [0.1, 0.15) is 5.82 Å². The summed E-state index contributed by atoms with van der Waals surface area (Å²) in [5.41, 5.74) is 1.15. The Morgan fingerprint density at radius 3 is 2.31 bits per heavy atom. The predicted molar refractivity (Wildman–Crippen MR) is 126 cm³/mol. The van der Waals surface area contributed by atoms with Crippen molar-refractivity contribution in [2.24, 2.45) is 5.92 Å². The summed E-state index contributed by atoms with van der Waals surface area (Å²) in [5.74, 6) is 0.0556. The molecule has 1 amide bonds. The lowest BCUT2D eigenvalue weighted by molar-refractivity contribution is -0.111. The molecule has 0 aliphatic heterocycles. The average Bonchev–Trinajstić information content (AvgIpc) is 3.18. The molecule has 1 aliphatic rings. The zero-order chi connectivity index (χ0) is 23.5. The van der Waals surface area contributed by atoms with Gasteiger partial charge in [-0.15, -0.1) is 0 Å². The maximum Gasteiger partial charge on any atom is 0.257 e. The van der Waals surface area contributed by atoms with E-state index in [-0.39, 0.29) is 27.3 Å². The van der Waals surface area contributed by atoms with Crippen LogP contribution in [0.3, 0.4) is 0 Å². The Morgan fingerprint density at radius 2 is 1.78 bits per heavy atom. The molecule has 0 saturated heterocycles. The Balaban J connectivity index is 1.89. The van der Waals surface area contributed by atoms with Gasteiger partial charge in [-0.3, -0.25) is 9.52 Å². The Morgan fingerprint density at radius 1 is 1.09 bits per heavy atom. The van der Waals surface area contributed by atoms with Crippen LogP contribution in [0.5, 0.6) is 0 Å². The van der Waals surface area contributed by atoms with Gasteiger partial charge in [0.05, 0.1) is 28.1 Å². The fraction of sp³-hybridized carbons (Fsp3) is 0.333. The summed E-state index contributed by atoms with van der Waals surface area (Å²) >= 11 is 6.20. The topological polar surface area (TPSA) is 122 Å². The number of hydrogen-bond acceptors (Lipinski definition) is 6. The molecular formula is C21H24ClN3O5S2. The van der Waals surface area contributed by atoms with Crippen molar-refractivity contribution in [3.05, 3.63) is 53.2 Å². The highest BCUT2D eigenvalue weighted by molar-refractivity contribution is 7.92. The molecule has 1 fully saturated rings. The van der Waals surface area contributed by atoms with Crippen LogP contribution in [0.2, 0.25) is 5.02 Å². The maximum atomic E-state index is 13.1. The molecule has 2 aromatic rings. The molecule has 11 heteroatoms. The third kappa shape index (κ3) is 6.54. The van der Waals surface area contributed by atoms with Crippen LogP contribution < -0.4 is 10.0 Å². The average molecular weight is 498 g/mol. The largest absolute Gasteiger partial charge is 0.307 e. The number of rotatable bonds is 7. The molecule has 0 atom stereocenters. The first-order chi connectivity index (χ1) is 14.9. The summed E-state index contributed by atoms with van der Waals surface area (Å²) in [6.45, 7) is 0. The van der Waals surface area contributed by atoms with Crippen molar-refractivity contribution < 1.29 is 21.6 Å². The van der Waals surface area contributed by atoms with Crippen molar-refractivity contribution in [2.45, 2.75) is 30.6 Å². The van der Waals surface area contributed by atoms with Crippen LogP contribution in [0.15, 0.2) is 47.5 Å². The smallest absolute Gasteiger partial charge is 0.257 e. The lowest BCUT2D eigenvalue weighted by Crippen LogP contribution is -2.16. The number of halogens is 1. The second-order valence-corrected chi connectivity index (χ2v) is 11.9. The van der Waals surface area contributed by atoms with Crippen LogP contribution in [-0.4, -0.2) is 40.2 Å². The van der Waals surface area contributed by atoms with E-state index in [1.165, 1.54) is 30.5 Å². The molecule has 0 radical (unpaired) electrons. The number of carbonyl (C=O) groups is 1. The van der Waals surface area contributed by atoms with Crippen molar-refractivity contribution in [1.82, 2.24) is 4.98 Å². The monoisotopic (exact) mass is 497 g/mol. The number of sulfonamides is 1. The molecule has 2 N–H and O–H groups in total. The van der Waals surface area contributed by atoms with Gasteiger partial charge in [-0.05, 0) is 48.6 Å². The number of pyridine rings is 1. The highest BCUT2D eigenvalue weighted by Crippen LogP contribution is 2.32. The minimum Gasteiger partial charge on any atom is -0.307 e. The van der Waals surface area contributed by atoms with E-state index < -0.39 is 25.8 Å². The number of nitrogens with zero attached hydrogens (tertiary/aromatic N) is 1. The second kappa shape index (κ2) is 9.60. The third-order valence-corrected chi connectivity index (χ3v) is 7.18. The number of carbonyl (C=O) groups excluding carboxylic acids is 1. The Bertz CT molecular complexity index is 1250. The van der Waals surface area contributed by atoms with E-state index in [0.29, 0.717) is 11.1 Å². The molecule has 8 nitrogen and oxygen atoms in total. The van der Waals surface area contributed by atoms with E-state index >= 15 is 0 Å². The van der Waals surface area contributed by atoms with Gasteiger partial charge in [-0.2, -0.15) is 0 Å². The molecule has 1 aromatic heterocycles. The van der Waals surface area contributed by atoms with Crippen molar-refractivity contribution in [3.8, 4) is 0 Å². The molecule has 0 bridgehead atoms. The van der Waals surface area contributed by atoms with E-state index in [2.05, 4.69) is 15.0 Å². The Labute approximate surface area is 193 Å². The van der Waals surface area contributed by atoms with E-state index in [9.17, 15) is 21.6 Å². The molecule has 1 heterocycles. The van der Waals surface area contributed by atoms with E-state index in [1.54, 1.807) is 6.07 Å². The minimum absolute atomic E-state index is 0.000766. The fourth-order valence-electron chi connectivity index (χ4n) is 3.56. The quantitative estimate of drug-likeness (QED) is 0.562. The summed E-state index contributed by atoms with van der Waals surface area (Å²) in [6, 6.07) is 7.41. The normalized spacial score (nSPS) is 15.5. The molecule has 3 rings (SSSR count). The number of allylic oxidation sites excluding steroid dienone is 1. The number of amides is 1. The van der Waals surface area contributed by atoms with Gasteiger partial charge in [-0.1, -0.05) is 36.6 Å². The molecule has 1 aliphatic carbocycles. The Kier molecular flexibility index (Phi) is 7.26. The highest BCUT2D eigenvalue weighted by atomic mass is 35.5. The number of aromatic nitrogens is 1. The highest BCUT2D eigenvalue weighted by Gasteiger charge is 2.21. The summed E-state index contributed by atoms with van der Waals surface area (Å²) < 4.78 is 48.7. The fourth-order valence-corrected chi connectivity index (χ4v) is 5.44. The molecular weight excluding hydrogens is 474 g/mol. The lowest BCUT2D eigenvalue weighted by atomic mass is 9.98. The van der Waals surface area contributed by atoms with Crippen LogP contribution >= 0.6 is 11.6 Å². The van der Waals surface area contributed by atoms with E-state index in [1.807, 2.05) is 6.08 Å². The van der Waals surface area contributed by atoms with Crippen LogP contribution in [0.25, 0.3) is 5.57 Å². The zero-order valence-corrected chi connectivity index (χ0v) is 20.0. The summed E-state index contributed by atoms with van der Waals surface area (Å²) in [7, 11) is -6.93. The zero-order valence-electron chi connectivity index (χ0n) is 17.6. The van der Waals surface area contributed by atoms with E-state index in [4.69, 9.17) is 11.6 Å². The summed E-state index contributed by atoms with van der Waals surface area (Å²) in [6.07, 6.45) is 9.40. The van der Waals surface area contributed by atoms with E-state index in [0.717, 1.165) is 38.2 Å². The molecule has 32 heavy (non-hydrogen) atoms. The van der Waals surface area contributed by atoms with Gasteiger partial charge in [0.2, 0.25) is 10.0 Å². The SMILES string of the molecule is CS(=O)(=O)Nc1ccc(NC(=O)/C(=C/C2CCCC2)c2ccc(S(C)(=O)=O)c(Cl)c2)nc1. The first-order valence-electron chi connectivity index (χ1n) is 9.89. The van der Waals surface area contributed by atoms with Crippen LogP contribution in [0.1, 0.15) is 31.2 Å². The van der Waals surface area contributed by atoms with Crippen molar-refractivity contribution in [1.29, 1.82) is 0 Å². The number of benzene rings is 1. The Hall–Kier alpha value is -2.43. The van der Waals surface area contributed by atoms with Crippen molar-refractivity contribution in [3.63, 3.8) is 0 Å². The number of nitrogens with one attached hydrogen (secondary N) is 2. The standard InChI is InChI=1S/C21H24ClN3O5S2/c1-31(27,28)19-9-7-15(12-18(19)22)17(11-14-5-3-4-6-14)21(26)24-20-10-8-16(13-23-20)25-32(2,29)30/h7-14,25H,3-6H2,1-2H3,(H,23,24,26)/b17-11+. The van der Waals surface area contributed by atoms with Gasteiger partial charge in [0.15, 0.2) is 9.84 Å². The number of anilines is 2. The van der Waals surface area contributed by atoms with Crippen molar-refractivity contribution >= 4 is 54.4 Å². The van der Waals surface area contributed by atoms with Gasteiger partial charge in [0.25, 0.3) is 5.91 Å². The first kappa shape index (κ1) is 24.2. The summed E-state index contributed by atoms with van der Waals surface area (Å²) in [5, 5.41) is 2.76. The van der Waals surface area contributed by atoms with Gasteiger partial charge >= 0.3 is 0 Å². The van der Waals surface area contributed by atoms with Gasteiger partial charge < -0.3 is 5.32 Å². The number of sulfone groups is 1. The second-order valence-electron chi connectivity index (χ2n) is 7.80.